The van der Waals surface area contributed by atoms with Crippen LogP contribution < -0.4 is 11.1 Å². The smallest absolute Gasteiger partial charge is 0.234 e. The van der Waals surface area contributed by atoms with Crippen LogP contribution in [0.5, 0.6) is 0 Å². The number of carbonyl (C=O) groups excluding carboxylic acids is 1. The van der Waals surface area contributed by atoms with E-state index in [-0.39, 0.29) is 11.9 Å². The Bertz CT molecular complexity index is 717. The Balaban J connectivity index is 1.62. The number of nitrogens with two attached hydrogens (primary N) is 1. The van der Waals surface area contributed by atoms with E-state index in [9.17, 15) is 4.79 Å². The van der Waals surface area contributed by atoms with Gasteiger partial charge in [0.2, 0.25) is 5.91 Å². The van der Waals surface area contributed by atoms with Crippen molar-refractivity contribution in [2.24, 2.45) is 17.6 Å². The van der Waals surface area contributed by atoms with Crippen molar-refractivity contribution in [3.8, 4) is 0 Å². The summed E-state index contributed by atoms with van der Waals surface area (Å²) in [7, 11) is 0. The lowest BCUT2D eigenvalue weighted by Crippen LogP contribution is -2.39. The molecule has 3 N–H and O–H groups in total. The molecule has 1 fully saturated rings. The standard InChI is InChI=1S/C23H31N3O/c1-17(2)23(19-11-7-4-8-12-19)25-22(27)16-26-14-20(13-24)21(15-26)18-9-5-3-6-10-18/h3-12,17,20-21,23H,13-16,24H2,1-2H3,(H,25,27)/t20-,21+,23?/m1/s1. The molecule has 4 heteroatoms. The summed E-state index contributed by atoms with van der Waals surface area (Å²) < 4.78 is 0. The average molecular weight is 366 g/mol. The van der Waals surface area contributed by atoms with Gasteiger partial charge in [-0.3, -0.25) is 9.69 Å². The predicted molar refractivity (Wildman–Crippen MR) is 110 cm³/mol. The van der Waals surface area contributed by atoms with Crippen LogP contribution in [0.25, 0.3) is 0 Å². The van der Waals surface area contributed by atoms with Crippen molar-refractivity contribution in [1.82, 2.24) is 10.2 Å². The fourth-order valence-corrected chi connectivity index (χ4v) is 4.12. The fraction of sp³-hybridized carbons (Fsp3) is 0.435. The number of likely N-dealkylation sites (tertiary alicyclic amines) is 1. The molecule has 1 aliphatic heterocycles. The zero-order valence-corrected chi connectivity index (χ0v) is 16.3. The van der Waals surface area contributed by atoms with E-state index in [2.05, 4.69) is 60.5 Å². The minimum atomic E-state index is 0.0385. The summed E-state index contributed by atoms with van der Waals surface area (Å²) in [6.07, 6.45) is 0. The van der Waals surface area contributed by atoms with Gasteiger partial charge in [-0.1, -0.05) is 74.5 Å². The van der Waals surface area contributed by atoms with Crippen LogP contribution in [0, 0.1) is 11.8 Å². The molecule has 4 nitrogen and oxygen atoms in total. The number of rotatable bonds is 7. The van der Waals surface area contributed by atoms with Crippen LogP contribution in [0.2, 0.25) is 0 Å². The SMILES string of the molecule is CC(C)C(NC(=O)CN1C[C@@H](CN)[C@H](c2ccccc2)C1)c1ccccc1. The number of hydrogen-bond donors (Lipinski definition) is 2. The van der Waals surface area contributed by atoms with Gasteiger partial charge < -0.3 is 11.1 Å². The Morgan fingerprint density at radius 1 is 1.07 bits per heavy atom. The van der Waals surface area contributed by atoms with Crippen molar-refractivity contribution in [2.75, 3.05) is 26.2 Å². The van der Waals surface area contributed by atoms with Gasteiger partial charge in [-0.05, 0) is 29.5 Å². The summed E-state index contributed by atoms with van der Waals surface area (Å²) in [6.45, 7) is 7.12. The van der Waals surface area contributed by atoms with Gasteiger partial charge in [0.1, 0.15) is 0 Å². The van der Waals surface area contributed by atoms with Crippen molar-refractivity contribution in [3.05, 3.63) is 71.8 Å². The van der Waals surface area contributed by atoms with Crippen LogP contribution in [0.3, 0.4) is 0 Å². The first-order valence-electron chi connectivity index (χ1n) is 9.90. The van der Waals surface area contributed by atoms with Crippen molar-refractivity contribution < 1.29 is 4.79 Å². The maximum Gasteiger partial charge on any atom is 0.234 e. The molecule has 1 aliphatic rings. The number of amides is 1. The van der Waals surface area contributed by atoms with E-state index in [0.29, 0.717) is 30.8 Å². The molecule has 1 saturated heterocycles. The Hall–Kier alpha value is -2.17. The second-order valence-electron chi connectivity index (χ2n) is 7.91. The predicted octanol–water partition coefficient (Wildman–Crippen LogP) is 3.17. The number of nitrogens with one attached hydrogen (secondary N) is 1. The number of benzene rings is 2. The molecule has 3 rings (SSSR count). The summed E-state index contributed by atoms with van der Waals surface area (Å²) in [5.41, 5.74) is 8.50. The van der Waals surface area contributed by atoms with Crippen molar-refractivity contribution in [1.29, 1.82) is 0 Å². The maximum absolute atomic E-state index is 12.7. The first-order chi connectivity index (χ1) is 13.1. The van der Waals surface area contributed by atoms with Crippen molar-refractivity contribution in [3.63, 3.8) is 0 Å². The molecule has 1 amide bonds. The zero-order chi connectivity index (χ0) is 19.2. The third-order valence-electron chi connectivity index (χ3n) is 5.56. The molecule has 2 aromatic rings. The highest BCUT2D eigenvalue weighted by atomic mass is 16.2. The minimum absolute atomic E-state index is 0.0385. The lowest BCUT2D eigenvalue weighted by molar-refractivity contribution is -0.123. The lowest BCUT2D eigenvalue weighted by Gasteiger charge is -2.24. The largest absolute Gasteiger partial charge is 0.348 e. The third kappa shape index (κ3) is 4.96. The first-order valence-corrected chi connectivity index (χ1v) is 9.90. The molecule has 0 spiro atoms. The molecule has 1 unspecified atom stereocenters. The Kier molecular flexibility index (Phi) is 6.64. The van der Waals surface area contributed by atoms with Crippen molar-refractivity contribution >= 4 is 5.91 Å². The van der Waals surface area contributed by atoms with Crippen LogP contribution >= 0.6 is 0 Å². The zero-order valence-electron chi connectivity index (χ0n) is 16.3. The highest BCUT2D eigenvalue weighted by Crippen LogP contribution is 2.31. The normalized spacial score (nSPS) is 21.3. The van der Waals surface area contributed by atoms with Crippen LogP contribution in [0.1, 0.15) is 36.9 Å². The molecule has 0 saturated carbocycles. The van der Waals surface area contributed by atoms with Gasteiger partial charge in [0, 0.05) is 19.0 Å². The van der Waals surface area contributed by atoms with Gasteiger partial charge >= 0.3 is 0 Å². The van der Waals surface area contributed by atoms with Gasteiger partial charge in [-0.2, -0.15) is 0 Å². The highest BCUT2D eigenvalue weighted by molar-refractivity contribution is 5.78. The molecule has 0 aliphatic carbocycles. The molecule has 0 aromatic heterocycles. The van der Waals surface area contributed by atoms with Gasteiger partial charge in [0.25, 0.3) is 0 Å². The fourth-order valence-electron chi connectivity index (χ4n) is 4.12. The number of nitrogens with zero attached hydrogens (tertiary/aromatic N) is 1. The van der Waals surface area contributed by atoms with E-state index in [1.807, 2.05) is 24.3 Å². The molecule has 2 aromatic carbocycles. The molecule has 3 atom stereocenters. The molecule has 1 heterocycles. The summed E-state index contributed by atoms with van der Waals surface area (Å²) >= 11 is 0. The molecule has 0 radical (unpaired) electrons. The van der Waals surface area contributed by atoms with Crippen LogP contribution in [0.15, 0.2) is 60.7 Å². The molecule has 0 bridgehead atoms. The summed E-state index contributed by atoms with van der Waals surface area (Å²) in [5, 5.41) is 3.24. The highest BCUT2D eigenvalue weighted by Gasteiger charge is 2.33. The molecule has 27 heavy (non-hydrogen) atoms. The van der Waals surface area contributed by atoms with Crippen LogP contribution in [0.4, 0.5) is 0 Å². The molecule has 144 valence electrons. The average Bonchev–Trinajstić information content (AvgIpc) is 3.10. The van der Waals surface area contributed by atoms with E-state index >= 15 is 0 Å². The topological polar surface area (TPSA) is 58.4 Å². The van der Waals surface area contributed by atoms with E-state index in [4.69, 9.17) is 5.73 Å². The minimum Gasteiger partial charge on any atom is -0.348 e. The number of carbonyl (C=O) groups is 1. The third-order valence-corrected chi connectivity index (χ3v) is 5.56. The quantitative estimate of drug-likeness (QED) is 0.792. The Morgan fingerprint density at radius 3 is 2.30 bits per heavy atom. The van der Waals surface area contributed by atoms with Crippen LogP contribution in [-0.4, -0.2) is 37.0 Å². The number of hydrogen-bond acceptors (Lipinski definition) is 3. The molecular formula is C23H31N3O. The molecular weight excluding hydrogens is 334 g/mol. The second kappa shape index (κ2) is 9.16. The van der Waals surface area contributed by atoms with Gasteiger partial charge in [-0.25, -0.2) is 0 Å². The van der Waals surface area contributed by atoms with Crippen molar-refractivity contribution in [2.45, 2.75) is 25.8 Å². The van der Waals surface area contributed by atoms with Gasteiger partial charge in [0.05, 0.1) is 12.6 Å². The van der Waals surface area contributed by atoms with Gasteiger partial charge in [-0.15, -0.1) is 0 Å². The summed E-state index contributed by atoms with van der Waals surface area (Å²) in [6, 6.07) is 20.8. The Morgan fingerprint density at radius 2 is 1.70 bits per heavy atom. The van der Waals surface area contributed by atoms with Gasteiger partial charge in [0.15, 0.2) is 0 Å². The van der Waals surface area contributed by atoms with E-state index in [1.54, 1.807) is 0 Å². The monoisotopic (exact) mass is 365 g/mol. The Labute approximate surface area is 162 Å². The van der Waals surface area contributed by atoms with E-state index in [0.717, 1.165) is 18.7 Å². The van der Waals surface area contributed by atoms with Crippen LogP contribution in [-0.2, 0) is 4.79 Å². The summed E-state index contributed by atoms with van der Waals surface area (Å²) in [4.78, 5) is 15.0. The lowest BCUT2D eigenvalue weighted by atomic mass is 9.89. The summed E-state index contributed by atoms with van der Waals surface area (Å²) in [5.74, 6) is 1.22. The maximum atomic E-state index is 12.7. The first kappa shape index (κ1) is 19.6. The second-order valence-corrected chi connectivity index (χ2v) is 7.91. The van der Waals surface area contributed by atoms with E-state index in [1.165, 1.54) is 5.56 Å². The van der Waals surface area contributed by atoms with E-state index < -0.39 is 0 Å².